The number of halogens is 2. The minimum absolute atomic E-state index is 0.292. The number of fused-ring (bicyclic) bond motifs is 2. The molecule has 0 saturated carbocycles. The second kappa shape index (κ2) is 7.94. The van der Waals surface area contributed by atoms with E-state index in [0.29, 0.717) is 11.5 Å². The Balaban J connectivity index is 1.90. The maximum atomic E-state index is 13.7. The van der Waals surface area contributed by atoms with Gasteiger partial charge in [0.1, 0.15) is 21.9 Å². The molecule has 0 aliphatic rings. The van der Waals surface area contributed by atoms with Gasteiger partial charge >= 0.3 is 0 Å². The highest BCUT2D eigenvalue weighted by molar-refractivity contribution is 9.10. The molecule has 0 aliphatic heterocycles. The summed E-state index contributed by atoms with van der Waals surface area (Å²) in [5.41, 5.74) is 9.38. The Labute approximate surface area is 176 Å². The van der Waals surface area contributed by atoms with Crippen molar-refractivity contribution in [1.29, 1.82) is 0 Å². The topological polar surface area (TPSA) is 72.3 Å². The van der Waals surface area contributed by atoms with Crippen molar-refractivity contribution in [2.75, 3.05) is 23.7 Å². The molecule has 0 aliphatic carbocycles. The summed E-state index contributed by atoms with van der Waals surface area (Å²) in [6.45, 7) is 6.05. The molecule has 29 heavy (non-hydrogen) atoms. The Morgan fingerprint density at radius 2 is 1.90 bits per heavy atom. The van der Waals surface area contributed by atoms with Crippen LogP contribution >= 0.6 is 15.9 Å². The van der Waals surface area contributed by atoms with Crippen molar-refractivity contribution in [3.8, 4) is 11.1 Å². The van der Waals surface area contributed by atoms with E-state index in [1.165, 1.54) is 12.1 Å². The van der Waals surface area contributed by atoms with Gasteiger partial charge in [-0.15, -0.1) is 0 Å². The van der Waals surface area contributed by atoms with Crippen LogP contribution < -0.4 is 10.6 Å². The zero-order chi connectivity index (χ0) is 20.5. The van der Waals surface area contributed by atoms with Crippen molar-refractivity contribution in [1.82, 2.24) is 19.6 Å². The number of pyridine rings is 1. The molecule has 0 spiro atoms. The lowest BCUT2D eigenvalue weighted by atomic mass is 10.1. The Bertz CT molecular complexity index is 1180. The highest BCUT2D eigenvalue weighted by Crippen LogP contribution is 2.34. The summed E-state index contributed by atoms with van der Waals surface area (Å²) >= 11 is 3.60. The Morgan fingerprint density at radius 1 is 1.14 bits per heavy atom. The number of nitrogen functional groups attached to an aromatic ring is 1. The summed E-state index contributed by atoms with van der Waals surface area (Å²) in [6.07, 6.45) is 5.49. The molecule has 4 aromatic rings. The summed E-state index contributed by atoms with van der Waals surface area (Å²) in [4.78, 5) is 11.6. The average molecular weight is 457 g/mol. The second-order valence-corrected chi connectivity index (χ2v) is 7.77. The lowest BCUT2D eigenvalue weighted by Gasteiger charge is -2.24. The first kappa shape index (κ1) is 19.6. The molecule has 0 bridgehead atoms. The largest absolute Gasteiger partial charge is 0.383 e. The van der Waals surface area contributed by atoms with Gasteiger partial charge < -0.3 is 10.6 Å². The molecule has 3 heterocycles. The Kier molecular flexibility index (Phi) is 5.36. The summed E-state index contributed by atoms with van der Waals surface area (Å²) in [6, 6.07) is 6.46. The number of anilines is 2. The van der Waals surface area contributed by atoms with Crippen LogP contribution in [0.25, 0.3) is 27.7 Å². The van der Waals surface area contributed by atoms with Crippen molar-refractivity contribution < 1.29 is 4.39 Å². The predicted molar refractivity (Wildman–Crippen MR) is 119 cm³/mol. The third-order valence-corrected chi connectivity index (χ3v) is 5.61. The molecule has 6 nitrogen and oxygen atoms in total. The average Bonchev–Trinajstić information content (AvgIpc) is 3.14. The zero-order valence-electron chi connectivity index (χ0n) is 16.4. The van der Waals surface area contributed by atoms with E-state index < -0.39 is 0 Å². The molecule has 0 unspecified atom stereocenters. The minimum atomic E-state index is -0.292. The normalized spacial score (nSPS) is 11.4. The monoisotopic (exact) mass is 456 g/mol. The number of benzene rings is 1. The summed E-state index contributed by atoms with van der Waals surface area (Å²) in [5, 5.41) is 5.15. The van der Waals surface area contributed by atoms with Crippen molar-refractivity contribution >= 4 is 44.1 Å². The third-order valence-electron chi connectivity index (χ3n) is 4.85. The molecule has 1 aromatic carbocycles. The van der Waals surface area contributed by atoms with Gasteiger partial charge in [0.2, 0.25) is 0 Å². The zero-order valence-corrected chi connectivity index (χ0v) is 17.9. The minimum Gasteiger partial charge on any atom is -0.383 e. The van der Waals surface area contributed by atoms with Crippen molar-refractivity contribution in [3.05, 3.63) is 46.9 Å². The van der Waals surface area contributed by atoms with Crippen molar-refractivity contribution in [3.63, 3.8) is 0 Å². The van der Waals surface area contributed by atoms with Crippen LogP contribution in [0.2, 0.25) is 0 Å². The van der Waals surface area contributed by atoms with Crippen LogP contribution in [0.3, 0.4) is 0 Å². The first-order valence-corrected chi connectivity index (χ1v) is 10.5. The maximum absolute atomic E-state index is 13.7. The van der Waals surface area contributed by atoms with Crippen molar-refractivity contribution in [2.45, 2.75) is 26.7 Å². The van der Waals surface area contributed by atoms with Crippen LogP contribution in [0.5, 0.6) is 0 Å². The first-order valence-electron chi connectivity index (χ1n) is 9.66. The molecule has 0 fully saturated rings. The van der Waals surface area contributed by atoms with Crippen LogP contribution in [-0.4, -0.2) is 32.7 Å². The molecule has 8 heteroatoms. The molecule has 0 amide bonds. The van der Waals surface area contributed by atoms with E-state index >= 15 is 0 Å². The SMILES string of the molecule is CCCN(CCC)c1nc2c(-c3cnc4ccc(F)cc4c3)cnn2c(N)c1Br. The highest BCUT2D eigenvalue weighted by atomic mass is 79.9. The van der Waals surface area contributed by atoms with Crippen LogP contribution in [0.15, 0.2) is 41.1 Å². The highest BCUT2D eigenvalue weighted by Gasteiger charge is 2.20. The standard InChI is InChI=1S/C21H22BrFN6/c1-3-7-28(8-4-2)21-18(22)19(24)29-20(27-21)16(12-26-29)14-9-13-10-15(23)5-6-17(13)25-11-14/h5-6,9-12H,3-4,7-8,24H2,1-2H3. The van der Waals surface area contributed by atoms with Gasteiger partial charge in [-0.1, -0.05) is 13.8 Å². The molecule has 4 rings (SSSR count). The van der Waals surface area contributed by atoms with Crippen LogP contribution in [0, 0.1) is 5.82 Å². The number of rotatable bonds is 6. The Hall–Kier alpha value is -2.74. The number of aromatic nitrogens is 4. The molecule has 3 aromatic heterocycles. The van der Waals surface area contributed by atoms with Gasteiger partial charge in [0.15, 0.2) is 5.65 Å². The second-order valence-electron chi connectivity index (χ2n) is 6.98. The number of nitrogens with two attached hydrogens (primary N) is 1. The van der Waals surface area contributed by atoms with Gasteiger partial charge in [0.25, 0.3) is 0 Å². The van der Waals surface area contributed by atoms with E-state index in [2.05, 4.69) is 44.8 Å². The molecule has 2 N–H and O–H groups in total. The van der Waals surface area contributed by atoms with Gasteiger partial charge in [-0.25, -0.2) is 9.37 Å². The van der Waals surface area contributed by atoms with E-state index in [0.717, 1.165) is 58.3 Å². The van der Waals surface area contributed by atoms with E-state index in [1.54, 1.807) is 23.0 Å². The van der Waals surface area contributed by atoms with Crippen LogP contribution in [0.1, 0.15) is 26.7 Å². The van der Waals surface area contributed by atoms with Crippen LogP contribution in [-0.2, 0) is 0 Å². The number of nitrogens with zero attached hydrogens (tertiary/aromatic N) is 5. The fourth-order valence-electron chi connectivity index (χ4n) is 3.51. The lowest BCUT2D eigenvalue weighted by Crippen LogP contribution is -2.27. The molecule has 0 radical (unpaired) electrons. The lowest BCUT2D eigenvalue weighted by molar-refractivity contribution is 0.629. The van der Waals surface area contributed by atoms with E-state index in [-0.39, 0.29) is 5.82 Å². The van der Waals surface area contributed by atoms with Gasteiger partial charge in [0, 0.05) is 35.8 Å². The molecule has 0 saturated heterocycles. The smallest absolute Gasteiger partial charge is 0.167 e. The van der Waals surface area contributed by atoms with E-state index in [9.17, 15) is 4.39 Å². The summed E-state index contributed by atoms with van der Waals surface area (Å²) in [7, 11) is 0. The molecule has 0 atom stereocenters. The third kappa shape index (κ3) is 3.53. The first-order chi connectivity index (χ1) is 14.0. The van der Waals surface area contributed by atoms with Gasteiger partial charge in [-0.05, 0) is 53.0 Å². The molecular weight excluding hydrogens is 435 g/mol. The fourth-order valence-corrected chi connectivity index (χ4v) is 4.02. The van der Waals surface area contributed by atoms with E-state index in [4.69, 9.17) is 10.7 Å². The van der Waals surface area contributed by atoms with Crippen LogP contribution in [0.4, 0.5) is 16.0 Å². The number of hydrogen-bond donors (Lipinski definition) is 1. The molecule has 150 valence electrons. The van der Waals surface area contributed by atoms with Gasteiger partial charge in [-0.2, -0.15) is 9.61 Å². The summed E-state index contributed by atoms with van der Waals surface area (Å²) < 4.78 is 16.0. The number of hydrogen-bond acceptors (Lipinski definition) is 5. The predicted octanol–water partition coefficient (Wildman–Crippen LogP) is 5.05. The summed E-state index contributed by atoms with van der Waals surface area (Å²) in [5.74, 6) is 1.01. The van der Waals surface area contributed by atoms with Crippen molar-refractivity contribution in [2.24, 2.45) is 0 Å². The quantitative estimate of drug-likeness (QED) is 0.439. The van der Waals surface area contributed by atoms with E-state index in [1.807, 2.05) is 6.07 Å². The maximum Gasteiger partial charge on any atom is 0.167 e. The van der Waals surface area contributed by atoms with Gasteiger partial charge in [-0.3, -0.25) is 4.98 Å². The molecular formula is C21H22BrFN6. The Morgan fingerprint density at radius 3 is 2.62 bits per heavy atom. The fraction of sp³-hybridized carbons (Fsp3) is 0.286. The van der Waals surface area contributed by atoms with Gasteiger partial charge in [0.05, 0.1) is 11.7 Å².